The van der Waals surface area contributed by atoms with Crippen LogP contribution in [0.5, 0.6) is 0 Å². The quantitative estimate of drug-likeness (QED) is 0.856. The standard InChI is InChI=1S/C13H11ClF2N2/c14-13-8-9(4-6-18-13)17-7-5-10-11(15)2-1-3-12(10)16/h1-4,6,8H,5,7H2,(H,17,18). The van der Waals surface area contributed by atoms with E-state index in [2.05, 4.69) is 10.3 Å². The van der Waals surface area contributed by atoms with Crippen LogP contribution in [0, 0.1) is 11.6 Å². The van der Waals surface area contributed by atoms with Crippen molar-refractivity contribution in [3.05, 3.63) is 58.9 Å². The Morgan fingerprint density at radius 1 is 1.17 bits per heavy atom. The van der Waals surface area contributed by atoms with Crippen molar-refractivity contribution < 1.29 is 8.78 Å². The van der Waals surface area contributed by atoms with Crippen LogP contribution < -0.4 is 5.32 Å². The zero-order valence-corrected chi connectivity index (χ0v) is 10.2. The molecular formula is C13H11ClF2N2. The molecular weight excluding hydrogens is 258 g/mol. The summed E-state index contributed by atoms with van der Waals surface area (Å²) in [5, 5.41) is 3.40. The second kappa shape index (κ2) is 5.78. The summed E-state index contributed by atoms with van der Waals surface area (Å²) in [5.41, 5.74) is 0.858. The fourth-order valence-electron chi connectivity index (χ4n) is 1.62. The number of benzene rings is 1. The molecule has 2 rings (SSSR count). The number of pyridine rings is 1. The minimum absolute atomic E-state index is 0.0881. The molecule has 0 aliphatic carbocycles. The molecule has 0 bridgehead atoms. The molecule has 0 aliphatic heterocycles. The fraction of sp³-hybridized carbons (Fsp3) is 0.154. The third-order valence-electron chi connectivity index (χ3n) is 2.49. The summed E-state index contributed by atoms with van der Waals surface area (Å²) in [6.07, 6.45) is 1.83. The molecule has 0 radical (unpaired) electrons. The number of hydrogen-bond acceptors (Lipinski definition) is 2. The van der Waals surface area contributed by atoms with E-state index in [0.29, 0.717) is 11.7 Å². The number of nitrogens with one attached hydrogen (secondary N) is 1. The van der Waals surface area contributed by atoms with E-state index in [0.717, 1.165) is 5.69 Å². The highest BCUT2D eigenvalue weighted by Crippen LogP contribution is 2.14. The minimum Gasteiger partial charge on any atom is -0.385 e. The molecule has 0 fully saturated rings. The van der Waals surface area contributed by atoms with Crippen LogP contribution in [0.3, 0.4) is 0 Å². The van der Waals surface area contributed by atoms with Crippen LogP contribution in [0.25, 0.3) is 0 Å². The molecule has 1 aromatic heterocycles. The minimum atomic E-state index is -0.524. The summed E-state index contributed by atoms with van der Waals surface area (Å²) >= 11 is 5.72. The van der Waals surface area contributed by atoms with Crippen molar-refractivity contribution in [2.75, 3.05) is 11.9 Å². The highest BCUT2D eigenvalue weighted by molar-refractivity contribution is 6.29. The van der Waals surface area contributed by atoms with Gasteiger partial charge in [0.2, 0.25) is 0 Å². The summed E-state index contributed by atoms with van der Waals surface area (Å²) in [7, 11) is 0. The second-order valence-corrected chi connectivity index (χ2v) is 4.13. The topological polar surface area (TPSA) is 24.9 Å². The lowest BCUT2D eigenvalue weighted by atomic mass is 10.1. The summed E-state index contributed by atoms with van der Waals surface area (Å²) in [4.78, 5) is 3.84. The third-order valence-corrected chi connectivity index (χ3v) is 2.70. The number of aromatic nitrogens is 1. The first-order valence-corrected chi connectivity index (χ1v) is 5.83. The number of nitrogens with zero attached hydrogens (tertiary/aromatic N) is 1. The predicted octanol–water partition coefficient (Wildman–Crippen LogP) is 3.67. The monoisotopic (exact) mass is 268 g/mol. The zero-order valence-electron chi connectivity index (χ0n) is 9.46. The number of anilines is 1. The van der Waals surface area contributed by atoms with Gasteiger partial charge >= 0.3 is 0 Å². The molecule has 1 N–H and O–H groups in total. The van der Waals surface area contributed by atoms with Gasteiger partial charge in [-0.25, -0.2) is 13.8 Å². The summed E-state index contributed by atoms with van der Waals surface area (Å²) in [5.74, 6) is -1.05. The van der Waals surface area contributed by atoms with Gasteiger partial charge in [0, 0.05) is 24.0 Å². The highest BCUT2D eigenvalue weighted by atomic mass is 35.5. The van der Waals surface area contributed by atoms with Gasteiger partial charge < -0.3 is 5.32 Å². The molecule has 0 amide bonds. The van der Waals surface area contributed by atoms with Crippen LogP contribution in [0.2, 0.25) is 5.15 Å². The maximum absolute atomic E-state index is 13.3. The first-order chi connectivity index (χ1) is 8.66. The maximum atomic E-state index is 13.3. The smallest absolute Gasteiger partial charge is 0.131 e. The zero-order chi connectivity index (χ0) is 13.0. The van der Waals surface area contributed by atoms with E-state index >= 15 is 0 Å². The van der Waals surface area contributed by atoms with Gasteiger partial charge in [0.05, 0.1) is 0 Å². The normalized spacial score (nSPS) is 10.4. The van der Waals surface area contributed by atoms with Gasteiger partial charge in [0.1, 0.15) is 16.8 Å². The fourth-order valence-corrected chi connectivity index (χ4v) is 1.79. The average molecular weight is 269 g/mol. The maximum Gasteiger partial charge on any atom is 0.131 e. The Morgan fingerprint density at radius 3 is 2.56 bits per heavy atom. The first-order valence-electron chi connectivity index (χ1n) is 5.45. The van der Waals surface area contributed by atoms with Crippen molar-refractivity contribution in [2.24, 2.45) is 0 Å². The lowest BCUT2D eigenvalue weighted by Gasteiger charge is -2.08. The molecule has 0 saturated heterocycles. The van der Waals surface area contributed by atoms with Crippen molar-refractivity contribution in [3.8, 4) is 0 Å². The average Bonchev–Trinajstić information content (AvgIpc) is 2.33. The van der Waals surface area contributed by atoms with Crippen LogP contribution >= 0.6 is 11.6 Å². The van der Waals surface area contributed by atoms with Crippen molar-refractivity contribution in [1.82, 2.24) is 4.98 Å². The van der Waals surface area contributed by atoms with Gasteiger partial charge in [-0.1, -0.05) is 17.7 Å². The Labute approximate surface area is 109 Å². The molecule has 0 saturated carbocycles. The van der Waals surface area contributed by atoms with E-state index in [1.54, 1.807) is 18.3 Å². The number of rotatable bonds is 4. The van der Waals surface area contributed by atoms with Gasteiger partial charge in [0.25, 0.3) is 0 Å². The summed E-state index contributed by atoms with van der Waals surface area (Å²) < 4.78 is 26.7. The SMILES string of the molecule is Fc1cccc(F)c1CCNc1ccnc(Cl)c1. The second-order valence-electron chi connectivity index (χ2n) is 3.74. The van der Waals surface area contributed by atoms with E-state index in [1.807, 2.05) is 0 Å². The Morgan fingerprint density at radius 2 is 1.89 bits per heavy atom. The molecule has 0 aliphatic rings. The van der Waals surface area contributed by atoms with E-state index in [4.69, 9.17) is 11.6 Å². The summed E-state index contributed by atoms with van der Waals surface area (Å²) in [6.45, 7) is 0.415. The van der Waals surface area contributed by atoms with Gasteiger partial charge in [0.15, 0.2) is 0 Å². The number of hydrogen-bond donors (Lipinski definition) is 1. The third kappa shape index (κ3) is 3.17. The molecule has 94 valence electrons. The molecule has 0 atom stereocenters. The van der Waals surface area contributed by atoms with E-state index in [1.165, 1.54) is 18.2 Å². The van der Waals surface area contributed by atoms with Crippen molar-refractivity contribution in [1.29, 1.82) is 0 Å². The lowest BCUT2D eigenvalue weighted by Crippen LogP contribution is -2.07. The van der Waals surface area contributed by atoms with Crippen molar-refractivity contribution >= 4 is 17.3 Å². The Bertz CT molecular complexity index is 526. The van der Waals surface area contributed by atoms with Gasteiger partial charge in [-0.2, -0.15) is 0 Å². The molecule has 2 aromatic rings. The molecule has 0 spiro atoms. The Hall–Kier alpha value is -1.68. The van der Waals surface area contributed by atoms with Crippen LogP contribution in [-0.2, 0) is 6.42 Å². The molecule has 1 aromatic carbocycles. The first kappa shape index (κ1) is 12.8. The highest BCUT2D eigenvalue weighted by Gasteiger charge is 2.07. The molecule has 5 heteroatoms. The molecule has 1 heterocycles. The van der Waals surface area contributed by atoms with Crippen LogP contribution in [0.1, 0.15) is 5.56 Å². The van der Waals surface area contributed by atoms with Crippen LogP contribution in [0.4, 0.5) is 14.5 Å². The van der Waals surface area contributed by atoms with Crippen LogP contribution in [-0.4, -0.2) is 11.5 Å². The lowest BCUT2D eigenvalue weighted by molar-refractivity contribution is 0.557. The predicted molar refractivity (Wildman–Crippen MR) is 67.8 cm³/mol. The Kier molecular flexibility index (Phi) is 4.10. The van der Waals surface area contributed by atoms with Crippen LogP contribution in [0.15, 0.2) is 36.5 Å². The largest absolute Gasteiger partial charge is 0.385 e. The van der Waals surface area contributed by atoms with E-state index in [-0.39, 0.29) is 12.0 Å². The molecule has 0 unspecified atom stereocenters. The van der Waals surface area contributed by atoms with E-state index < -0.39 is 11.6 Å². The molecule has 2 nitrogen and oxygen atoms in total. The van der Waals surface area contributed by atoms with E-state index in [9.17, 15) is 8.78 Å². The summed E-state index contributed by atoms with van der Waals surface area (Å²) in [6, 6.07) is 7.25. The van der Waals surface area contributed by atoms with Crippen molar-refractivity contribution in [2.45, 2.75) is 6.42 Å². The van der Waals surface area contributed by atoms with Gasteiger partial charge in [-0.05, 0) is 30.7 Å². The van der Waals surface area contributed by atoms with Gasteiger partial charge in [-0.15, -0.1) is 0 Å². The Balaban J connectivity index is 1.97. The number of halogens is 3. The van der Waals surface area contributed by atoms with Gasteiger partial charge in [-0.3, -0.25) is 0 Å². The molecule has 18 heavy (non-hydrogen) atoms. The van der Waals surface area contributed by atoms with Crippen molar-refractivity contribution in [3.63, 3.8) is 0 Å².